The Hall–Kier alpha value is -2.11. The molecule has 2 aromatic rings. The molecular weight excluding hydrogens is 300 g/mol. The highest BCUT2D eigenvalue weighted by atomic mass is 15.2. The van der Waals surface area contributed by atoms with E-state index >= 15 is 0 Å². The normalized spacial score (nSPS) is 16.5. The fourth-order valence-corrected chi connectivity index (χ4v) is 3.25. The Morgan fingerprint density at radius 1 is 1.25 bits per heavy atom. The molecule has 130 valence electrons. The summed E-state index contributed by atoms with van der Waals surface area (Å²) in [4.78, 5) is 4.72. The van der Waals surface area contributed by atoms with Crippen molar-refractivity contribution in [3.63, 3.8) is 0 Å². The van der Waals surface area contributed by atoms with Crippen molar-refractivity contribution < 1.29 is 0 Å². The summed E-state index contributed by atoms with van der Waals surface area (Å²) in [6.07, 6.45) is 10.4. The number of guanidine groups is 1. The smallest absolute Gasteiger partial charge is 0.191 e. The maximum Gasteiger partial charge on any atom is 0.191 e. The summed E-state index contributed by atoms with van der Waals surface area (Å²) < 4.78 is 2.05. The van der Waals surface area contributed by atoms with Crippen LogP contribution in [0.2, 0.25) is 0 Å². The van der Waals surface area contributed by atoms with Gasteiger partial charge in [0, 0.05) is 31.7 Å². The van der Waals surface area contributed by atoms with Gasteiger partial charge in [-0.15, -0.1) is 10.2 Å². The van der Waals surface area contributed by atoms with Crippen molar-refractivity contribution in [2.75, 3.05) is 13.1 Å². The molecule has 0 atom stereocenters. The standard InChI is InChI=1S/C18H28N6/c1-2-19-18(21-15-9-4-3-5-10-15)20-13-8-12-17-23-22-16-11-6-7-14-24(16)17/h6-7,11,14-15H,2-5,8-10,12-13H2,1H3,(H2,19,20,21). The van der Waals surface area contributed by atoms with Gasteiger partial charge in [0.25, 0.3) is 0 Å². The number of aryl methyl sites for hydroxylation is 1. The molecule has 1 aliphatic carbocycles. The summed E-state index contributed by atoms with van der Waals surface area (Å²) in [6, 6.07) is 6.55. The van der Waals surface area contributed by atoms with Gasteiger partial charge in [0.1, 0.15) is 5.82 Å². The molecule has 1 fully saturated rings. The molecule has 1 saturated carbocycles. The lowest BCUT2D eigenvalue weighted by Crippen LogP contribution is -2.44. The number of hydrogen-bond acceptors (Lipinski definition) is 3. The van der Waals surface area contributed by atoms with Gasteiger partial charge < -0.3 is 10.6 Å². The lowest BCUT2D eigenvalue weighted by atomic mass is 9.96. The van der Waals surface area contributed by atoms with Gasteiger partial charge >= 0.3 is 0 Å². The quantitative estimate of drug-likeness (QED) is 0.486. The zero-order valence-electron chi connectivity index (χ0n) is 14.5. The summed E-state index contributed by atoms with van der Waals surface area (Å²) >= 11 is 0. The molecule has 0 aromatic carbocycles. The highest BCUT2D eigenvalue weighted by Gasteiger charge is 2.14. The SMILES string of the molecule is CCNC(=NCCCc1nnc2ccccn12)NC1CCCCC1. The predicted octanol–water partition coefficient (Wildman–Crippen LogP) is 2.55. The van der Waals surface area contributed by atoms with Crippen molar-refractivity contribution in [2.24, 2.45) is 4.99 Å². The van der Waals surface area contributed by atoms with E-state index in [1.165, 1.54) is 32.1 Å². The van der Waals surface area contributed by atoms with Gasteiger partial charge in [-0.1, -0.05) is 25.3 Å². The van der Waals surface area contributed by atoms with Crippen LogP contribution in [0.5, 0.6) is 0 Å². The topological polar surface area (TPSA) is 66.6 Å². The zero-order chi connectivity index (χ0) is 16.6. The van der Waals surface area contributed by atoms with Crippen LogP contribution < -0.4 is 10.6 Å². The Kier molecular flexibility index (Phi) is 6.04. The van der Waals surface area contributed by atoms with Crippen LogP contribution in [0.4, 0.5) is 0 Å². The summed E-state index contributed by atoms with van der Waals surface area (Å²) in [5.41, 5.74) is 0.906. The van der Waals surface area contributed by atoms with Crippen LogP contribution in [0.1, 0.15) is 51.3 Å². The molecule has 0 radical (unpaired) electrons. The first-order chi connectivity index (χ1) is 11.9. The maximum absolute atomic E-state index is 4.72. The molecule has 6 nitrogen and oxygen atoms in total. The predicted molar refractivity (Wildman–Crippen MR) is 97.3 cm³/mol. The minimum atomic E-state index is 0.581. The average molecular weight is 328 g/mol. The zero-order valence-corrected chi connectivity index (χ0v) is 14.5. The number of pyridine rings is 1. The highest BCUT2D eigenvalue weighted by molar-refractivity contribution is 5.80. The number of nitrogens with one attached hydrogen (secondary N) is 2. The van der Waals surface area contributed by atoms with Gasteiger partial charge in [-0.3, -0.25) is 9.39 Å². The summed E-state index contributed by atoms with van der Waals surface area (Å²) in [5.74, 6) is 1.96. The molecule has 1 aliphatic rings. The number of aliphatic imine (C=N–C) groups is 1. The Morgan fingerprint density at radius 3 is 2.96 bits per heavy atom. The monoisotopic (exact) mass is 328 g/mol. The molecule has 0 aliphatic heterocycles. The molecule has 0 saturated heterocycles. The van der Waals surface area contributed by atoms with Gasteiger partial charge in [-0.25, -0.2) is 0 Å². The van der Waals surface area contributed by atoms with Crippen molar-refractivity contribution >= 4 is 11.6 Å². The van der Waals surface area contributed by atoms with Crippen LogP contribution in [-0.2, 0) is 6.42 Å². The van der Waals surface area contributed by atoms with E-state index in [1.54, 1.807) is 0 Å². The van der Waals surface area contributed by atoms with E-state index in [0.717, 1.165) is 43.4 Å². The summed E-state index contributed by atoms with van der Waals surface area (Å²) in [6.45, 7) is 3.80. The third-order valence-corrected chi connectivity index (χ3v) is 4.50. The van der Waals surface area contributed by atoms with Crippen LogP contribution >= 0.6 is 0 Å². The molecule has 0 spiro atoms. The first-order valence-electron chi connectivity index (χ1n) is 9.20. The van der Waals surface area contributed by atoms with E-state index < -0.39 is 0 Å². The Balaban J connectivity index is 1.50. The molecule has 3 rings (SSSR count). The molecule has 2 N–H and O–H groups in total. The molecule has 24 heavy (non-hydrogen) atoms. The number of rotatable bonds is 6. The minimum Gasteiger partial charge on any atom is -0.357 e. The fourth-order valence-electron chi connectivity index (χ4n) is 3.25. The van der Waals surface area contributed by atoms with Gasteiger partial charge in [0.05, 0.1) is 0 Å². The fraction of sp³-hybridized carbons (Fsp3) is 0.611. The Bertz CT molecular complexity index is 656. The van der Waals surface area contributed by atoms with Crippen LogP contribution in [0.3, 0.4) is 0 Å². The van der Waals surface area contributed by atoms with Gasteiger partial charge in [0.2, 0.25) is 0 Å². The lowest BCUT2D eigenvalue weighted by Gasteiger charge is -2.24. The first kappa shape index (κ1) is 16.7. The van der Waals surface area contributed by atoms with E-state index in [1.807, 2.05) is 24.4 Å². The van der Waals surface area contributed by atoms with Crippen molar-refractivity contribution in [1.29, 1.82) is 0 Å². The second-order valence-electron chi connectivity index (χ2n) is 6.39. The molecule has 0 bridgehead atoms. The Morgan fingerprint density at radius 2 is 2.12 bits per heavy atom. The molecule has 2 heterocycles. The minimum absolute atomic E-state index is 0.581. The van der Waals surface area contributed by atoms with E-state index in [0.29, 0.717) is 6.04 Å². The number of fused-ring (bicyclic) bond motifs is 1. The van der Waals surface area contributed by atoms with E-state index in [4.69, 9.17) is 4.99 Å². The molecule has 6 heteroatoms. The van der Waals surface area contributed by atoms with Crippen LogP contribution in [-0.4, -0.2) is 39.7 Å². The van der Waals surface area contributed by atoms with Gasteiger partial charge in [0.15, 0.2) is 11.6 Å². The van der Waals surface area contributed by atoms with Gasteiger partial charge in [-0.2, -0.15) is 0 Å². The molecule has 0 amide bonds. The lowest BCUT2D eigenvalue weighted by molar-refractivity contribution is 0.410. The first-order valence-corrected chi connectivity index (χ1v) is 9.20. The second-order valence-corrected chi connectivity index (χ2v) is 6.39. The van der Waals surface area contributed by atoms with Crippen LogP contribution in [0, 0.1) is 0 Å². The number of hydrogen-bond donors (Lipinski definition) is 2. The van der Waals surface area contributed by atoms with Crippen molar-refractivity contribution in [2.45, 2.75) is 57.9 Å². The van der Waals surface area contributed by atoms with E-state index in [2.05, 4.69) is 32.2 Å². The third kappa shape index (κ3) is 4.46. The average Bonchev–Trinajstić information content (AvgIpc) is 3.03. The molecule has 0 unspecified atom stereocenters. The third-order valence-electron chi connectivity index (χ3n) is 4.50. The maximum atomic E-state index is 4.72. The van der Waals surface area contributed by atoms with Crippen molar-refractivity contribution in [3.05, 3.63) is 30.2 Å². The van der Waals surface area contributed by atoms with Crippen molar-refractivity contribution in [1.82, 2.24) is 25.2 Å². The van der Waals surface area contributed by atoms with Crippen LogP contribution in [0.25, 0.3) is 5.65 Å². The highest BCUT2D eigenvalue weighted by Crippen LogP contribution is 2.17. The van der Waals surface area contributed by atoms with Gasteiger partial charge in [-0.05, 0) is 38.3 Å². The summed E-state index contributed by atoms with van der Waals surface area (Å²) in [5, 5.41) is 15.4. The summed E-state index contributed by atoms with van der Waals surface area (Å²) in [7, 11) is 0. The largest absolute Gasteiger partial charge is 0.357 e. The van der Waals surface area contributed by atoms with Crippen molar-refractivity contribution in [3.8, 4) is 0 Å². The van der Waals surface area contributed by atoms with Crippen LogP contribution in [0.15, 0.2) is 29.4 Å². The number of nitrogens with zero attached hydrogens (tertiary/aromatic N) is 4. The van der Waals surface area contributed by atoms with E-state index in [9.17, 15) is 0 Å². The molecular formula is C18H28N6. The number of aromatic nitrogens is 3. The Labute approximate surface area is 143 Å². The van der Waals surface area contributed by atoms with E-state index in [-0.39, 0.29) is 0 Å². The molecule has 2 aromatic heterocycles. The second kappa shape index (κ2) is 8.66.